The molecule has 0 saturated heterocycles. The minimum atomic E-state index is -0.00589. The zero-order chi connectivity index (χ0) is 40.6. The second-order valence-electron chi connectivity index (χ2n) is 17.7. The van der Waals surface area contributed by atoms with E-state index in [9.17, 15) is 9.59 Å². The lowest BCUT2D eigenvalue weighted by Crippen LogP contribution is -2.29. The molecule has 0 amide bonds. The highest BCUT2D eigenvalue weighted by Gasteiger charge is 2.21. The van der Waals surface area contributed by atoms with E-state index in [2.05, 4.69) is 37.3 Å². The molecule has 1 saturated carbocycles. The number of hydrogen-bond donors (Lipinski definition) is 1. The lowest BCUT2D eigenvalue weighted by Gasteiger charge is -2.22. The summed E-state index contributed by atoms with van der Waals surface area (Å²) in [7, 11) is 0. The van der Waals surface area contributed by atoms with Gasteiger partial charge in [0.25, 0.3) is 0 Å². The summed E-state index contributed by atoms with van der Waals surface area (Å²) >= 11 is 1.95. The van der Waals surface area contributed by atoms with E-state index in [0.717, 1.165) is 50.3 Å². The minimum Gasteiger partial charge on any atom is -0.465 e. The van der Waals surface area contributed by atoms with Crippen molar-refractivity contribution in [1.82, 2.24) is 9.62 Å². The third-order valence-electron chi connectivity index (χ3n) is 11.6. The van der Waals surface area contributed by atoms with Crippen LogP contribution in [-0.2, 0) is 19.1 Å². The van der Waals surface area contributed by atoms with Gasteiger partial charge in [0.1, 0.15) is 6.10 Å². The molecule has 1 atom stereocenters. The van der Waals surface area contributed by atoms with E-state index < -0.39 is 0 Å². The van der Waals surface area contributed by atoms with Crippen LogP contribution in [0, 0.1) is 5.92 Å². The molecule has 6 nitrogen and oxygen atoms in total. The third kappa shape index (κ3) is 37.5. The number of esters is 2. The van der Waals surface area contributed by atoms with Gasteiger partial charge in [-0.25, -0.2) is 0 Å². The molecule has 1 aliphatic rings. The monoisotopic (exact) mass is 809 g/mol. The van der Waals surface area contributed by atoms with Crippen LogP contribution in [0.3, 0.4) is 0 Å². The van der Waals surface area contributed by atoms with Crippen molar-refractivity contribution in [3.63, 3.8) is 0 Å². The number of nitrogens with zero attached hydrogens (tertiary/aromatic N) is 1. The van der Waals surface area contributed by atoms with Crippen LogP contribution in [0.4, 0.5) is 0 Å². The van der Waals surface area contributed by atoms with E-state index in [1.807, 2.05) is 11.9 Å². The highest BCUT2D eigenvalue weighted by atomic mass is 32.2. The molecule has 1 aliphatic carbocycles. The number of ether oxygens (including phenoxy) is 2. The molecule has 56 heavy (non-hydrogen) atoms. The second-order valence-corrected chi connectivity index (χ2v) is 18.8. The van der Waals surface area contributed by atoms with Gasteiger partial charge < -0.3 is 14.4 Å². The van der Waals surface area contributed by atoms with Gasteiger partial charge in [0.2, 0.25) is 0 Å². The molecule has 0 bridgehead atoms. The largest absolute Gasteiger partial charge is 0.465 e. The molecule has 1 rings (SSSR count). The Morgan fingerprint density at radius 3 is 1.50 bits per heavy atom. The van der Waals surface area contributed by atoms with Crippen molar-refractivity contribution < 1.29 is 19.1 Å². The molecule has 1 unspecified atom stereocenters. The van der Waals surface area contributed by atoms with Crippen molar-refractivity contribution in [1.29, 1.82) is 0 Å². The smallest absolute Gasteiger partial charge is 0.306 e. The fourth-order valence-electron chi connectivity index (χ4n) is 7.64. The molecule has 332 valence electrons. The highest BCUT2D eigenvalue weighted by Crippen LogP contribution is 2.31. The first-order valence-corrected chi connectivity index (χ1v) is 25.8. The van der Waals surface area contributed by atoms with Crippen molar-refractivity contribution in [2.24, 2.45) is 5.92 Å². The molecule has 0 aliphatic heterocycles. The second kappa shape index (κ2) is 41.0. The fraction of sp³-hybridized carbons (Fsp3) is 0.959. The van der Waals surface area contributed by atoms with E-state index in [1.165, 1.54) is 193 Å². The maximum Gasteiger partial charge on any atom is 0.306 e. The molecule has 1 N–H and O–H groups in total. The average Bonchev–Trinajstić information content (AvgIpc) is 4.02. The van der Waals surface area contributed by atoms with Gasteiger partial charge in [-0.2, -0.15) is 0 Å². The van der Waals surface area contributed by atoms with E-state index in [4.69, 9.17) is 9.47 Å². The Hall–Kier alpha value is -0.790. The van der Waals surface area contributed by atoms with E-state index in [1.54, 1.807) is 0 Å². The summed E-state index contributed by atoms with van der Waals surface area (Å²) in [5.74, 6) is 0.512. The van der Waals surface area contributed by atoms with Crippen LogP contribution < -0.4 is 4.72 Å². The van der Waals surface area contributed by atoms with Crippen molar-refractivity contribution in [3.8, 4) is 0 Å². The molecular weight excluding hydrogens is 713 g/mol. The first kappa shape index (κ1) is 53.2. The predicted octanol–water partition coefficient (Wildman–Crippen LogP) is 14.7. The lowest BCUT2D eigenvalue weighted by atomic mass is 10.0. The van der Waals surface area contributed by atoms with Crippen molar-refractivity contribution in [2.75, 3.05) is 32.8 Å². The number of hydrogen-bond acceptors (Lipinski definition) is 7. The summed E-state index contributed by atoms with van der Waals surface area (Å²) in [4.78, 5) is 27.8. The number of carbonyl (C=O) groups is 2. The van der Waals surface area contributed by atoms with Gasteiger partial charge in [-0.15, -0.1) is 0 Å². The Kier molecular flexibility index (Phi) is 38.9. The normalized spacial score (nSPS) is 13.5. The van der Waals surface area contributed by atoms with E-state index >= 15 is 0 Å². The van der Waals surface area contributed by atoms with E-state index in [-0.39, 0.29) is 18.0 Å². The average molecular weight is 809 g/mol. The van der Waals surface area contributed by atoms with Gasteiger partial charge in [0.05, 0.1) is 6.61 Å². The molecule has 1 fully saturated rings. The van der Waals surface area contributed by atoms with Crippen LogP contribution in [0.5, 0.6) is 0 Å². The van der Waals surface area contributed by atoms with Crippen LogP contribution in [-0.4, -0.2) is 61.0 Å². The topological polar surface area (TPSA) is 67.9 Å². The molecule has 0 spiro atoms. The van der Waals surface area contributed by atoms with Gasteiger partial charge in [-0.1, -0.05) is 174 Å². The van der Waals surface area contributed by atoms with E-state index in [0.29, 0.717) is 25.4 Å². The number of unbranched alkanes of at least 4 members (excludes halogenated alkanes) is 22. The van der Waals surface area contributed by atoms with Crippen molar-refractivity contribution >= 4 is 23.9 Å². The molecular formula is C49H96N2O4S. The highest BCUT2D eigenvalue weighted by molar-refractivity contribution is 7.98. The Morgan fingerprint density at radius 2 is 0.982 bits per heavy atom. The molecule has 0 aromatic heterocycles. The summed E-state index contributed by atoms with van der Waals surface area (Å²) in [5, 5.41) is 0.861. The van der Waals surface area contributed by atoms with Crippen molar-refractivity contribution in [3.05, 3.63) is 0 Å². The molecule has 0 aromatic rings. The van der Waals surface area contributed by atoms with Gasteiger partial charge in [-0.3, -0.25) is 14.3 Å². The summed E-state index contributed by atoms with van der Waals surface area (Å²) in [5.41, 5.74) is 0. The number of carbonyl (C=O) groups excluding carboxylic acids is 2. The Bertz CT molecular complexity index is 840. The number of rotatable bonds is 45. The first-order valence-electron chi connectivity index (χ1n) is 24.9. The summed E-state index contributed by atoms with van der Waals surface area (Å²) in [6, 6.07) is 0. The predicted molar refractivity (Wildman–Crippen MR) is 244 cm³/mol. The molecule has 0 radical (unpaired) electrons. The Morgan fingerprint density at radius 1 is 0.554 bits per heavy atom. The van der Waals surface area contributed by atoms with Crippen LogP contribution in [0.2, 0.25) is 0 Å². The van der Waals surface area contributed by atoms with Crippen molar-refractivity contribution in [2.45, 2.75) is 264 Å². The first-order chi connectivity index (χ1) is 27.5. The van der Waals surface area contributed by atoms with Crippen LogP contribution in [0.25, 0.3) is 0 Å². The SMILES string of the molecule is CCCCCCCCC(CCCCCCCC)OC(=O)CCCCCCCN(CCCCCCCC(=O)OCC(C)CCCCCCC)CCCNSC1CC1. The number of nitrogens with one attached hydrogen (secondary N) is 1. The van der Waals surface area contributed by atoms with Gasteiger partial charge in [0, 0.05) is 24.6 Å². The van der Waals surface area contributed by atoms with Gasteiger partial charge >= 0.3 is 11.9 Å². The lowest BCUT2D eigenvalue weighted by molar-refractivity contribution is -0.150. The summed E-state index contributed by atoms with van der Waals surface area (Å²) in [6.07, 6.45) is 42.1. The minimum absolute atomic E-state index is 0.00589. The summed E-state index contributed by atoms with van der Waals surface area (Å²) in [6.45, 7) is 14.2. The van der Waals surface area contributed by atoms with Crippen LogP contribution >= 0.6 is 11.9 Å². The van der Waals surface area contributed by atoms with Crippen LogP contribution in [0.15, 0.2) is 0 Å². The Balaban J connectivity index is 2.23. The standard InChI is InChI=1S/C49H96N2O4S/c1-5-8-11-14-19-26-34-46(35-27-20-15-12-9-6-2)55-49(53)37-29-22-17-24-31-42-51(43-32-40-50-56-47-38-39-47)41-30-23-16-21-28-36-48(52)54-44-45(4)33-25-18-13-10-7-3/h45-47,50H,5-44H2,1-4H3. The Labute approximate surface area is 353 Å². The zero-order valence-corrected chi connectivity index (χ0v) is 38.8. The van der Waals surface area contributed by atoms with Gasteiger partial charge in [-0.05, 0) is 103 Å². The quantitative estimate of drug-likeness (QED) is 0.0373. The maximum absolute atomic E-state index is 12.8. The van der Waals surface area contributed by atoms with Gasteiger partial charge in [0.15, 0.2) is 0 Å². The third-order valence-corrected chi connectivity index (χ3v) is 12.8. The maximum atomic E-state index is 12.8. The molecule has 7 heteroatoms. The molecule has 0 aromatic carbocycles. The fourth-order valence-corrected chi connectivity index (χ4v) is 8.51. The molecule has 0 heterocycles. The van der Waals surface area contributed by atoms with Crippen LogP contribution in [0.1, 0.15) is 252 Å². The summed E-state index contributed by atoms with van der Waals surface area (Å²) < 4.78 is 15.3. The zero-order valence-electron chi connectivity index (χ0n) is 38.0.